The van der Waals surface area contributed by atoms with E-state index in [4.69, 9.17) is 0 Å². The molecule has 0 fully saturated rings. The highest BCUT2D eigenvalue weighted by atomic mass is 32.2. The normalized spacial score (nSPS) is 13.1. The number of hydrogen-bond acceptors (Lipinski definition) is 5. The second-order valence-electron chi connectivity index (χ2n) is 6.68. The number of carbonyl (C=O) groups excluding carboxylic acids is 1. The molecule has 1 heterocycles. The molecule has 7 heteroatoms. The highest BCUT2D eigenvalue weighted by molar-refractivity contribution is 8.00. The van der Waals surface area contributed by atoms with Crippen LogP contribution in [0.4, 0.5) is 0 Å². The molecule has 0 spiro atoms. The number of aromatic nitrogens is 4. The molecular weight excluding hydrogens is 370 g/mol. The number of hydrogen-bond donors (Lipinski definition) is 1. The van der Waals surface area contributed by atoms with Crippen molar-refractivity contribution >= 4 is 17.7 Å². The van der Waals surface area contributed by atoms with Crippen molar-refractivity contribution in [2.24, 2.45) is 0 Å². The Balaban J connectivity index is 1.62. The fourth-order valence-corrected chi connectivity index (χ4v) is 3.83. The van der Waals surface area contributed by atoms with Crippen LogP contribution in [0.5, 0.6) is 0 Å². The minimum atomic E-state index is -0.304. The van der Waals surface area contributed by atoms with Crippen molar-refractivity contribution in [3.05, 3.63) is 65.7 Å². The summed E-state index contributed by atoms with van der Waals surface area (Å²) < 4.78 is 1.68. The number of thioether (sulfide) groups is 1. The molecule has 0 aliphatic rings. The van der Waals surface area contributed by atoms with E-state index in [1.165, 1.54) is 17.3 Å². The first-order chi connectivity index (χ1) is 13.6. The van der Waals surface area contributed by atoms with E-state index in [1.807, 2.05) is 56.3 Å². The first-order valence-corrected chi connectivity index (χ1v) is 10.3. The summed E-state index contributed by atoms with van der Waals surface area (Å²) in [4.78, 5) is 12.6. The molecule has 2 atom stereocenters. The topological polar surface area (TPSA) is 72.7 Å². The molecule has 1 N–H and O–H groups in total. The van der Waals surface area contributed by atoms with Gasteiger partial charge in [-0.05, 0) is 47.9 Å². The summed E-state index contributed by atoms with van der Waals surface area (Å²) in [6, 6.07) is 18.2. The molecule has 0 saturated heterocycles. The van der Waals surface area contributed by atoms with Gasteiger partial charge in [0.1, 0.15) is 0 Å². The van der Waals surface area contributed by atoms with Crippen molar-refractivity contribution in [1.82, 2.24) is 25.5 Å². The van der Waals surface area contributed by atoms with Crippen molar-refractivity contribution in [2.75, 3.05) is 6.54 Å². The van der Waals surface area contributed by atoms with Gasteiger partial charge in [0.2, 0.25) is 11.1 Å². The standard InChI is InChI=1S/C21H25N5OS/c1-4-17(18-11-6-5-7-12-18)14-22-20(27)16(3)28-21-23-24-25-26(21)19-13-9-8-10-15(19)2/h5-13,16-17H,4,14H2,1-3H3,(H,22,27)/t16-,17+/m0/s1. The van der Waals surface area contributed by atoms with Gasteiger partial charge in [-0.1, -0.05) is 67.2 Å². The Morgan fingerprint density at radius 2 is 1.86 bits per heavy atom. The van der Waals surface area contributed by atoms with E-state index >= 15 is 0 Å². The predicted molar refractivity (Wildman–Crippen MR) is 112 cm³/mol. The van der Waals surface area contributed by atoms with E-state index in [9.17, 15) is 4.79 Å². The summed E-state index contributed by atoms with van der Waals surface area (Å²) in [5.41, 5.74) is 3.23. The van der Waals surface area contributed by atoms with Crippen LogP contribution in [0.1, 0.15) is 37.3 Å². The number of para-hydroxylation sites is 1. The summed E-state index contributed by atoms with van der Waals surface area (Å²) in [7, 11) is 0. The average Bonchev–Trinajstić information content (AvgIpc) is 3.17. The monoisotopic (exact) mass is 395 g/mol. The summed E-state index contributed by atoms with van der Waals surface area (Å²) in [6.07, 6.45) is 0.970. The fraction of sp³-hybridized carbons (Fsp3) is 0.333. The van der Waals surface area contributed by atoms with Gasteiger partial charge in [0.05, 0.1) is 10.9 Å². The molecular formula is C21H25N5OS. The van der Waals surface area contributed by atoms with E-state index in [0.29, 0.717) is 17.6 Å². The maximum atomic E-state index is 12.6. The number of nitrogens with one attached hydrogen (secondary N) is 1. The third-order valence-corrected chi connectivity index (χ3v) is 5.76. The van der Waals surface area contributed by atoms with Gasteiger partial charge in [-0.3, -0.25) is 4.79 Å². The van der Waals surface area contributed by atoms with Gasteiger partial charge in [-0.25, -0.2) is 0 Å². The molecule has 3 aromatic rings. The number of amides is 1. The summed E-state index contributed by atoms with van der Waals surface area (Å²) in [6.45, 7) is 6.64. The molecule has 0 saturated carbocycles. The zero-order chi connectivity index (χ0) is 19.9. The molecule has 1 aromatic heterocycles. The Labute approximate surface area is 169 Å². The molecule has 146 valence electrons. The Morgan fingerprint density at radius 1 is 1.14 bits per heavy atom. The number of carbonyl (C=O) groups is 1. The molecule has 0 bridgehead atoms. The van der Waals surface area contributed by atoms with Gasteiger partial charge in [0, 0.05) is 12.5 Å². The number of aryl methyl sites for hydroxylation is 1. The highest BCUT2D eigenvalue weighted by Crippen LogP contribution is 2.24. The van der Waals surface area contributed by atoms with Crippen LogP contribution in [0.3, 0.4) is 0 Å². The van der Waals surface area contributed by atoms with Crippen LogP contribution in [0, 0.1) is 6.92 Å². The Hall–Kier alpha value is -2.67. The zero-order valence-electron chi connectivity index (χ0n) is 16.4. The largest absolute Gasteiger partial charge is 0.355 e. The third kappa shape index (κ3) is 4.78. The first kappa shape index (κ1) is 20.1. The molecule has 3 rings (SSSR count). The summed E-state index contributed by atoms with van der Waals surface area (Å²) in [5.74, 6) is 0.290. The quantitative estimate of drug-likeness (QED) is 0.588. The molecule has 28 heavy (non-hydrogen) atoms. The lowest BCUT2D eigenvalue weighted by Gasteiger charge is -2.18. The molecule has 6 nitrogen and oxygen atoms in total. The van der Waals surface area contributed by atoms with Crippen LogP contribution in [0.2, 0.25) is 0 Å². The van der Waals surface area contributed by atoms with Crippen molar-refractivity contribution in [1.29, 1.82) is 0 Å². The lowest BCUT2D eigenvalue weighted by molar-refractivity contribution is -0.120. The van der Waals surface area contributed by atoms with Gasteiger partial charge < -0.3 is 5.32 Å². The van der Waals surface area contributed by atoms with Crippen LogP contribution in [-0.4, -0.2) is 37.9 Å². The van der Waals surface area contributed by atoms with Crippen molar-refractivity contribution < 1.29 is 4.79 Å². The van der Waals surface area contributed by atoms with Gasteiger partial charge in [-0.15, -0.1) is 5.10 Å². The zero-order valence-corrected chi connectivity index (χ0v) is 17.2. The van der Waals surface area contributed by atoms with Gasteiger partial charge in [-0.2, -0.15) is 4.68 Å². The maximum absolute atomic E-state index is 12.6. The van der Waals surface area contributed by atoms with Crippen LogP contribution < -0.4 is 5.32 Å². The molecule has 1 amide bonds. The molecule has 2 aromatic carbocycles. The van der Waals surface area contributed by atoms with Crippen LogP contribution in [0.25, 0.3) is 5.69 Å². The summed E-state index contributed by atoms with van der Waals surface area (Å²) in [5, 5.41) is 15.4. The molecule has 0 unspecified atom stereocenters. The fourth-order valence-electron chi connectivity index (χ4n) is 3.01. The van der Waals surface area contributed by atoms with E-state index < -0.39 is 0 Å². The van der Waals surface area contributed by atoms with Crippen LogP contribution in [-0.2, 0) is 4.79 Å². The minimum Gasteiger partial charge on any atom is -0.355 e. The van der Waals surface area contributed by atoms with E-state index in [2.05, 4.69) is 39.9 Å². The van der Waals surface area contributed by atoms with Crippen molar-refractivity contribution in [3.8, 4) is 5.69 Å². The van der Waals surface area contributed by atoms with Gasteiger partial charge >= 0.3 is 0 Å². The third-order valence-electron chi connectivity index (χ3n) is 4.72. The lowest BCUT2D eigenvalue weighted by atomic mass is 9.96. The molecule has 0 aliphatic heterocycles. The van der Waals surface area contributed by atoms with Crippen LogP contribution in [0.15, 0.2) is 59.8 Å². The van der Waals surface area contributed by atoms with Gasteiger partial charge in [0.25, 0.3) is 0 Å². The Bertz CT molecular complexity index is 912. The minimum absolute atomic E-state index is 0.0151. The van der Waals surface area contributed by atoms with Crippen LogP contribution >= 0.6 is 11.8 Å². The number of rotatable bonds is 8. The highest BCUT2D eigenvalue weighted by Gasteiger charge is 2.20. The summed E-state index contributed by atoms with van der Waals surface area (Å²) >= 11 is 1.36. The van der Waals surface area contributed by atoms with Crippen molar-refractivity contribution in [2.45, 2.75) is 43.5 Å². The average molecular weight is 396 g/mol. The first-order valence-electron chi connectivity index (χ1n) is 9.43. The SMILES string of the molecule is CC[C@H](CNC(=O)[C@H](C)Sc1nnnn1-c1ccccc1C)c1ccccc1. The lowest BCUT2D eigenvalue weighted by Crippen LogP contribution is -2.34. The second kappa shape index (κ2) is 9.50. The number of nitrogens with zero attached hydrogens (tertiary/aromatic N) is 4. The van der Waals surface area contributed by atoms with Crippen molar-refractivity contribution in [3.63, 3.8) is 0 Å². The predicted octanol–water partition coefficient (Wildman–Crippen LogP) is 3.76. The molecule has 0 aliphatic carbocycles. The van der Waals surface area contributed by atoms with E-state index in [1.54, 1.807) is 4.68 Å². The van der Waals surface area contributed by atoms with Gasteiger partial charge in [0.15, 0.2) is 0 Å². The molecule has 0 radical (unpaired) electrons. The number of tetrazole rings is 1. The Morgan fingerprint density at radius 3 is 2.57 bits per heavy atom. The van der Waals surface area contributed by atoms with E-state index in [0.717, 1.165) is 17.7 Å². The second-order valence-corrected chi connectivity index (χ2v) is 7.99. The smallest absolute Gasteiger partial charge is 0.233 e. The maximum Gasteiger partial charge on any atom is 0.233 e. The number of benzene rings is 2. The van der Waals surface area contributed by atoms with E-state index in [-0.39, 0.29) is 11.2 Å². The Kier molecular flexibility index (Phi) is 6.81.